The number of benzene rings is 2. The van der Waals surface area contributed by atoms with Gasteiger partial charge in [-0.2, -0.15) is 0 Å². The van der Waals surface area contributed by atoms with E-state index in [9.17, 15) is 9.59 Å². The number of hydrogen-bond acceptors (Lipinski definition) is 5. The van der Waals surface area contributed by atoms with Gasteiger partial charge in [0, 0.05) is 18.5 Å². The molecule has 0 aliphatic heterocycles. The van der Waals surface area contributed by atoms with Gasteiger partial charge in [-0.25, -0.2) is 9.78 Å². The average Bonchev–Trinajstić information content (AvgIpc) is 3.14. The third kappa shape index (κ3) is 4.86. The molecule has 0 atom stereocenters. The quantitative estimate of drug-likeness (QED) is 0.590. The lowest BCUT2D eigenvalue weighted by molar-refractivity contribution is -0.858. The topological polar surface area (TPSA) is 63.9 Å². The molecular formula is C23H28N3O3S+. The molecule has 1 heterocycles. The van der Waals surface area contributed by atoms with Crippen LogP contribution in [0.1, 0.15) is 38.3 Å². The minimum atomic E-state index is -0.420. The number of fused-ring (bicyclic) bond motifs is 1. The van der Waals surface area contributed by atoms with Crippen LogP contribution in [-0.4, -0.2) is 51.2 Å². The maximum Gasteiger partial charge on any atom is 0.337 e. The number of thiazole rings is 1. The van der Waals surface area contributed by atoms with Crippen LogP contribution < -0.4 is 9.80 Å². The van der Waals surface area contributed by atoms with Crippen molar-refractivity contribution < 1.29 is 19.2 Å². The summed E-state index contributed by atoms with van der Waals surface area (Å²) in [5, 5.41) is 0.703. The molecule has 2 aromatic carbocycles. The Balaban J connectivity index is 1.94. The summed E-state index contributed by atoms with van der Waals surface area (Å²) in [6, 6.07) is 10.8. The molecule has 1 N–H and O–H groups in total. The van der Waals surface area contributed by atoms with E-state index in [1.807, 2.05) is 0 Å². The van der Waals surface area contributed by atoms with Crippen LogP contribution in [-0.2, 0) is 4.74 Å². The summed E-state index contributed by atoms with van der Waals surface area (Å²) >= 11 is 1.55. The Labute approximate surface area is 181 Å². The van der Waals surface area contributed by atoms with Crippen molar-refractivity contribution in [3.63, 3.8) is 0 Å². The van der Waals surface area contributed by atoms with Gasteiger partial charge in [-0.3, -0.25) is 9.69 Å². The Hall–Kier alpha value is -2.77. The maximum absolute atomic E-state index is 13.4. The predicted octanol–water partition coefficient (Wildman–Crippen LogP) is 2.88. The highest BCUT2D eigenvalue weighted by Gasteiger charge is 2.22. The summed E-state index contributed by atoms with van der Waals surface area (Å²) in [5.74, 6) is -0.537. The molecule has 0 aliphatic rings. The molecule has 7 heteroatoms. The fourth-order valence-corrected chi connectivity index (χ4v) is 4.42. The number of methoxy groups -OCH3 is 1. The lowest BCUT2D eigenvalue weighted by Crippen LogP contribution is -3.05. The monoisotopic (exact) mass is 426 g/mol. The zero-order chi connectivity index (χ0) is 21.8. The van der Waals surface area contributed by atoms with Gasteiger partial charge in [0.2, 0.25) is 0 Å². The normalized spacial score (nSPS) is 11.1. The summed E-state index contributed by atoms with van der Waals surface area (Å²) in [4.78, 5) is 32.9. The molecule has 0 radical (unpaired) electrons. The molecule has 0 bridgehead atoms. The molecule has 0 aliphatic carbocycles. The summed E-state index contributed by atoms with van der Waals surface area (Å²) in [6.07, 6.45) is 0.863. The van der Waals surface area contributed by atoms with E-state index in [-0.39, 0.29) is 5.91 Å². The standard InChI is InChI=1S/C23H27N3O3S/c1-15-13-16(2)20-19(14-15)24-23(30-20)26(12-6-11-25(3)4)21(27)17-7-9-18(10-8-17)22(28)29-5/h7-10,13-14H,6,11-12H2,1-5H3/p+1. The first-order valence-corrected chi connectivity index (χ1v) is 10.8. The van der Waals surface area contributed by atoms with Crippen LogP contribution in [0.15, 0.2) is 36.4 Å². The molecule has 0 saturated heterocycles. The molecule has 0 unspecified atom stereocenters. The van der Waals surface area contributed by atoms with Crippen LogP contribution in [0, 0.1) is 13.8 Å². The van der Waals surface area contributed by atoms with Crippen molar-refractivity contribution in [2.24, 2.45) is 0 Å². The van der Waals surface area contributed by atoms with Gasteiger partial charge in [-0.1, -0.05) is 17.4 Å². The zero-order valence-corrected chi connectivity index (χ0v) is 18.9. The Morgan fingerprint density at radius 1 is 1.10 bits per heavy atom. The number of aromatic nitrogens is 1. The van der Waals surface area contributed by atoms with Crippen LogP contribution in [0.4, 0.5) is 5.13 Å². The number of ether oxygens (including phenoxy) is 1. The van der Waals surface area contributed by atoms with Gasteiger partial charge in [0.1, 0.15) is 0 Å². The number of anilines is 1. The van der Waals surface area contributed by atoms with Gasteiger partial charge < -0.3 is 9.64 Å². The van der Waals surface area contributed by atoms with Crippen LogP contribution in [0.25, 0.3) is 10.2 Å². The molecule has 3 rings (SSSR count). The molecular weight excluding hydrogens is 398 g/mol. The van der Waals surface area contributed by atoms with Crippen LogP contribution in [0.3, 0.4) is 0 Å². The van der Waals surface area contributed by atoms with E-state index in [0.717, 1.165) is 28.7 Å². The number of esters is 1. The Bertz CT molecular complexity index is 1060. The van der Waals surface area contributed by atoms with E-state index in [0.29, 0.717) is 22.8 Å². The average molecular weight is 427 g/mol. The van der Waals surface area contributed by atoms with Crippen LogP contribution in [0.2, 0.25) is 0 Å². The van der Waals surface area contributed by atoms with Gasteiger partial charge in [-0.05, 0) is 55.3 Å². The van der Waals surface area contributed by atoms with Gasteiger partial charge in [-0.15, -0.1) is 0 Å². The number of carbonyl (C=O) groups excluding carboxylic acids is 2. The maximum atomic E-state index is 13.4. The van der Waals surface area contributed by atoms with Gasteiger partial charge in [0.25, 0.3) is 5.91 Å². The number of aryl methyl sites for hydroxylation is 2. The Morgan fingerprint density at radius 2 is 1.77 bits per heavy atom. The molecule has 3 aromatic rings. The van der Waals surface area contributed by atoms with Crippen molar-refractivity contribution in [3.05, 3.63) is 58.7 Å². The summed E-state index contributed by atoms with van der Waals surface area (Å²) in [5.41, 5.74) is 4.19. The fourth-order valence-electron chi connectivity index (χ4n) is 3.38. The van der Waals surface area contributed by atoms with Crippen molar-refractivity contribution in [1.29, 1.82) is 0 Å². The molecule has 158 valence electrons. The molecule has 0 saturated carbocycles. The second-order valence-corrected chi connectivity index (χ2v) is 8.74. The number of hydrogen-bond donors (Lipinski definition) is 1. The Morgan fingerprint density at radius 3 is 2.40 bits per heavy atom. The number of nitrogens with zero attached hydrogens (tertiary/aromatic N) is 2. The van der Waals surface area contributed by atoms with Gasteiger partial charge in [0.05, 0.1) is 43.5 Å². The van der Waals surface area contributed by atoms with E-state index in [1.165, 1.54) is 17.6 Å². The van der Waals surface area contributed by atoms with Gasteiger partial charge >= 0.3 is 5.97 Å². The number of nitrogens with one attached hydrogen (secondary N) is 1. The number of carbonyl (C=O) groups is 2. The van der Waals surface area contributed by atoms with Crippen molar-refractivity contribution in [1.82, 2.24) is 4.98 Å². The number of rotatable bonds is 7. The minimum Gasteiger partial charge on any atom is -0.465 e. The smallest absolute Gasteiger partial charge is 0.337 e. The van der Waals surface area contributed by atoms with E-state index in [2.05, 4.69) is 40.1 Å². The molecule has 0 spiro atoms. The first-order valence-electron chi connectivity index (χ1n) is 9.97. The lowest BCUT2D eigenvalue weighted by Gasteiger charge is -2.20. The first kappa shape index (κ1) is 21.9. The molecule has 6 nitrogen and oxygen atoms in total. The van der Waals surface area contributed by atoms with Gasteiger partial charge in [0.15, 0.2) is 5.13 Å². The van der Waals surface area contributed by atoms with Crippen molar-refractivity contribution in [2.45, 2.75) is 20.3 Å². The lowest BCUT2D eigenvalue weighted by atomic mass is 10.1. The van der Waals surface area contributed by atoms with E-state index in [4.69, 9.17) is 9.72 Å². The number of quaternary nitrogens is 1. The largest absolute Gasteiger partial charge is 0.465 e. The predicted molar refractivity (Wildman–Crippen MR) is 121 cm³/mol. The summed E-state index contributed by atoms with van der Waals surface area (Å²) in [6.45, 7) is 5.66. The van der Waals surface area contributed by atoms with E-state index < -0.39 is 5.97 Å². The molecule has 30 heavy (non-hydrogen) atoms. The summed E-state index contributed by atoms with van der Waals surface area (Å²) in [7, 11) is 5.54. The highest BCUT2D eigenvalue weighted by molar-refractivity contribution is 7.22. The first-order chi connectivity index (χ1) is 14.3. The second kappa shape index (κ2) is 9.36. The van der Waals surface area contributed by atoms with E-state index in [1.54, 1.807) is 40.5 Å². The fraction of sp³-hybridized carbons (Fsp3) is 0.348. The number of amides is 1. The van der Waals surface area contributed by atoms with Crippen molar-refractivity contribution in [3.8, 4) is 0 Å². The molecule has 1 amide bonds. The summed E-state index contributed by atoms with van der Waals surface area (Å²) < 4.78 is 5.84. The third-order valence-electron chi connectivity index (χ3n) is 4.90. The zero-order valence-electron chi connectivity index (χ0n) is 18.1. The SMILES string of the molecule is COC(=O)c1ccc(C(=O)N(CCC[NH+](C)C)c2nc3cc(C)cc(C)c3s2)cc1. The van der Waals surface area contributed by atoms with E-state index >= 15 is 0 Å². The van der Waals surface area contributed by atoms with Crippen LogP contribution >= 0.6 is 11.3 Å². The second-order valence-electron chi connectivity index (χ2n) is 7.76. The van der Waals surface area contributed by atoms with Crippen molar-refractivity contribution in [2.75, 3.05) is 39.2 Å². The highest BCUT2D eigenvalue weighted by atomic mass is 32.1. The molecule has 0 fully saturated rings. The van der Waals surface area contributed by atoms with Crippen molar-refractivity contribution >= 4 is 38.6 Å². The third-order valence-corrected chi connectivity index (χ3v) is 6.13. The minimum absolute atomic E-state index is 0.117. The molecule has 1 aromatic heterocycles. The van der Waals surface area contributed by atoms with Crippen LogP contribution in [0.5, 0.6) is 0 Å². The highest BCUT2D eigenvalue weighted by Crippen LogP contribution is 2.33. The Kier molecular flexibility index (Phi) is 6.84.